The number of urea groups is 1. The summed E-state index contributed by atoms with van der Waals surface area (Å²) in [5, 5.41) is 7.58. The normalized spacial score (nSPS) is 14.5. The smallest absolute Gasteiger partial charge is 0.406 e. The number of alkyl halides is 3. The SMILES string of the molecule is Cc1ccc(C(C)C)c(N2C(=O)CS/C2=N/C(=O)NCCc2ccc(-c3ncn(-c4ccc(OC(F)(F)F)cc4)n3)cc2)c1. The summed E-state index contributed by atoms with van der Waals surface area (Å²) >= 11 is 1.25. The van der Waals surface area contributed by atoms with Crippen LogP contribution in [0.1, 0.15) is 36.5 Å². The number of aryl methyl sites for hydroxylation is 1. The molecular formula is C31H29F3N6O3S. The molecule has 4 aromatic rings. The lowest BCUT2D eigenvalue weighted by Gasteiger charge is -2.22. The zero-order chi connectivity index (χ0) is 31.4. The Labute approximate surface area is 256 Å². The van der Waals surface area contributed by atoms with Gasteiger partial charge in [0.05, 0.1) is 17.1 Å². The molecule has 228 valence electrons. The van der Waals surface area contributed by atoms with Crippen molar-refractivity contribution in [3.63, 3.8) is 0 Å². The van der Waals surface area contributed by atoms with E-state index in [1.807, 2.05) is 49.4 Å². The van der Waals surface area contributed by atoms with Crippen molar-refractivity contribution >= 4 is 34.6 Å². The van der Waals surface area contributed by atoms with E-state index in [4.69, 9.17) is 0 Å². The molecule has 9 nitrogen and oxygen atoms in total. The molecule has 0 bridgehead atoms. The van der Waals surface area contributed by atoms with Gasteiger partial charge in [0.15, 0.2) is 11.0 Å². The second-order valence-electron chi connectivity index (χ2n) is 10.4. The third-order valence-corrected chi connectivity index (χ3v) is 7.66. The summed E-state index contributed by atoms with van der Waals surface area (Å²) in [7, 11) is 0. The molecule has 0 spiro atoms. The lowest BCUT2D eigenvalue weighted by atomic mass is 9.99. The predicted molar refractivity (Wildman–Crippen MR) is 163 cm³/mol. The van der Waals surface area contributed by atoms with Crippen molar-refractivity contribution in [1.82, 2.24) is 20.1 Å². The molecule has 2 heterocycles. The summed E-state index contributed by atoms with van der Waals surface area (Å²) in [5.41, 5.74) is 5.03. The van der Waals surface area contributed by atoms with Gasteiger partial charge in [0.25, 0.3) is 0 Å². The standard InChI is InChI=1S/C31H29F3N6O3S/c1-19(2)25-13-4-20(3)16-26(25)40-27(41)17-44-30(40)37-29(42)35-15-14-21-5-7-22(8-6-21)28-36-18-39(38-28)23-9-11-24(12-10-23)43-31(32,33)34/h4-13,16,18-19H,14-15,17H2,1-3H3,(H,35,42)/b37-30+. The second kappa shape index (κ2) is 12.9. The third kappa shape index (κ3) is 7.46. The van der Waals surface area contributed by atoms with Gasteiger partial charge in [-0.25, -0.2) is 14.5 Å². The van der Waals surface area contributed by atoms with Gasteiger partial charge >= 0.3 is 12.4 Å². The Morgan fingerprint density at radius 3 is 2.50 bits per heavy atom. The number of halogens is 3. The summed E-state index contributed by atoms with van der Waals surface area (Å²) in [5.74, 6) is 0.429. The van der Waals surface area contributed by atoms with Crippen molar-refractivity contribution < 1.29 is 27.5 Å². The van der Waals surface area contributed by atoms with E-state index in [0.29, 0.717) is 29.6 Å². The Hall–Kier alpha value is -4.65. The minimum atomic E-state index is -4.76. The number of nitrogens with zero attached hydrogens (tertiary/aromatic N) is 5. The number of nitrogens with one attached hydrogen (secondary N) is 1. The number of amides is 3. The molecule has 1 N–H and O–H groups in total. The highest BCUT2D eigenvalue weighted by atomic mass is 32.2. The Balaban J connectivity index is 1.17. The van der Waals surface area contributed by atoms with Gasteiger partial charge in [-0.05, 0) is 66.3 Å². The number of carbonyl (C=O) groups excluding carboxylic acids is 2. The van der Waals surface area contributed by atoms with Crippen LogP contribution < -0.4 is 15.0 Å². The van der Waals surface area contributed by atoms with E-state index >= 15 is 0 Å². The summed E-state index contributed by atoms with van der Waals surface area (Å²) in [6.07, 6.45) is -2.73. The average Bonchev–Trinajstić information content (AvgIpc) is 3.60. The zero-order valence-electron chi connectivity index (χ0n) is 24.1. The molecule has 0 radical (unpaired) electrons. The molecular weight excluding hydrogens is 593 g/mol. The highest BCUT2D eigenvalue weighted by Gasteiger charge is 2.33. The molecule has 3 aromatic carbocycles. The van der Waals surface area contributed by atoms with Crippen LogP contribution in [0.15, 0.2) is 78.0 Å². The molecule has 44 heavy (non-hydrogen) atoms. The van der Waals surface area contributed by atoms with Crippen molar-refractivity contribution in [3.05, 3.63) is 89.7 Å². The van der Waals surface area contributed by atoms with Gasteiger partial charge in [-0.1, -0.05) is 62.0 Å². The molecule has 1 aliphatic heterocycles. The van der Waals surface area contributed by atoms with Gasteiger partial charge < -0.3 is 10.1 Å². The van der Waals surface area contributed by atoms with Crippen molar-refractivity contribution in [2.75, 3.05) is 17.2 Å². The van der Waals surface area contributed by atoms with E-state index in [9.17, 15) is 22.8 Å². The number of hydrogen-bond donors (Lipinski definition) is 1. The minimum absolute atomic E-state index is 0.109. The number of aliphatic imine (C=N–C) groups is 1. The van der Waals surface area contributed by atoms with E-state index in [-0.39, 0.29) is 23.3 Å². The molecule has 13 heteroatoms. The highest BCUT2D eigenvalue weighted by Crippen LogP contribution is 2.34. The quantitative estimate of drug-likeness (QED) is 0.236. The molecule has 5 rings (SSSR count). The van der Waals surface area contributed by atoms with E-state index < -0.39 is 12.4 Å². The number of thioether (sulfide) groups is 1. The predicted octanol–water partition coefficient (Wildman–Crippen LogP) is 6.65. The van der Waals surface area contributed by atoms with Gasteiger partial charge in [-0.3, -0.25) is 9.69 Å². The van der Waals surface area contributed by atoms with Gasteiger partial charge in [0, 0.05) is 12.1 Å². The summed E-state index contributed by atoms with van der Waals surface area (Å²) in [6.45, 7) is 6.42. The van der Waals surface area contributed by atoms with Crippen LogP contribution in [0.2, 0.25) is 0 Å². The maximum atomic E-state index is 12.8. The van der Waals surface area contributed by atoms with Gasteiger partial charge in [0.2, 0.25) is 5.91 Å². The van der Waals surface area contributed by atoms with E-state index in [1.165, 1.54) is 51.9 Å². The number of carbonyl (C=O) groups is 2. The van der Waals surface area contributed by atoms with Crippen LogP contribution in [0, 0.1) is 6.92 Å². The Bertz CT molecular complexity index is 1690. The second-order valence-corrected chi connectivity index (χ2v) is 11.3. The number of anilines is 1. The van der Waals surface area contributed by atoms with Gasteiger partial charge in [-0.15, -0.1) is 18.3 Å². The van der Waals surface area contributed by atoms with Crippen molar-refractivity contribution in [2.45, 2.75) is 39.5 Å². The number of rotatable bonds is 8. The minimum Gasteiger partial charge on any atom is -0.406 e. The van der Waals surface area contributed by atoms with Crippen LogP contribution in [0.3, 0.4) is 0 Å². The van der Waals surface area contributed by atoms with Gasteiger partial charge in [0.1, 0.15) is 12.1 Å². The monoisotopic (exact) mass is 622 g/mol. The first-order chi connectivity index (χ1) is 21.0. The molecule has 3 amide bonds. The summed E-state index contributed by atoms with van der Waals surface area (Å²) in [4.78, 5) is 35.5. The maximum Gasteiger partial charge on any atom is 0.573 e. The molecule has 0 saturated carbocycles. The lowest BCUT2D eigenvalue weighted by molar-refractivity contribution is -0.274. The maximum absolute atomic E-state index is 12.8. The number of hydrogen-bond acceptors (Lipinski definition) is 6. The van der Waals surface area contributed by atoms with Crippen LogP contribution in [-0.2, 0) is 11.2 Å². The van der Waals surface area contributed by atoms with Crippen molar-refractivity contribution in [1.29, 1.82) is 0 Å². The number of benzene rings is 3. The average molecular weight is 623 g/mol. The first-order valence-electron chi connectivity index (χ1n) is 13.8. The molecule has 0 atom stereocenters. The largest absolute Gasteiger partial charge is 0.573 e. The Kier molecular flexibility index (Phi) is 9.04. The number of ether oxygens (including phenoxy) is 1. The Morgan fingerprint density at radius 1 is 1.09 bits per heavy atom. The van der Waals surface area contributed by atoms with Crippen LogP contribution in [0.5, 0.6) is 5.75 Å². The van der Waals surface area contributed by atoms with Crippen LogP contribution in [0.25, 0.3) is 17.1 Å². The van der Waals surface area contributed by atoms with Crippen LogP contribution in [0.4, 0.5) is 23.7 Å². The highest BCUT2D eigenvalue weighted by molar-refractivity contribution is 8.15. The van der Waals surface area contributed by atoms with Crippen molar-refractivity contribution in [2.24, 2.45) is 4.99 Å². The van der Waals surface area contributed by atoms with E-state index in [1.54, 1.807) is 0 Å². The number of amidine groups is 1. The van der Waals surface area contributed by atoms with Crippen LogP contribution in [-0.4, -0.2) is 50.5 Å². The lowest BCUT2D eigenvalue weighted by Crippen LogP contribution is -2.32. The fourth-order valence-electron chi connectivity index (χ4n) is 4.60. The van der Waals surface area contributed by atoms with E-state index in [0.717, 1.165) is 27.9 Å². The molecule has 1 fully saturated rings. The van der Waals surface area contributed by atoms with Crippen molar-refractivity contribution in [3.8, 4) is 22.8 Å². The molecule has 1 aliphatic rings. The number of aromatic nitrogens is 3. The molecule has 1 aromatic heterocycles. The third-order valence-electron chi connectivity index (χ3n) is 6.74. The van der Waals surface area contributed by atoms with E-state index in [2.05, 4.69) is 39.0 Å². The van der Waals surface area contributed by atoms with Crippen LogP contribution >= 0.6 is 11.8 Å². The fraction of sp³-hybridized carbons (Fsp3) is 0.258. The molecule has 0 aliphatic carbocycles. The summed E-state index contributed by atoms with van der Waals surface area (Å²) < 4.78 is 42.5. The topological polar surface area (TPSA) is 102 Å². The van der Waals surface area contributed by atoms with Gasteiger partial charge in [-0.2, -0.15) is 4.99 Å². The first-order valence-corrected chi connectivity index (χ1v) is 14.8. The summed E-state index contributed by atoms with van der Waals surface area (Å²) in [6, 6.07) is 18.3. The molecule has 0 unspecified atom stereocenters. The molecule has 1 saturated heterocycles. The Morgan fingerprint density at radius 2 is 1.82 bits per heavy atom. The first kappa shape index (κ1) is 30.8. The zero-order valence-corrected chi connectivity index (χ0v) is 24.9. The fourth-order valence-corrected chi connectivity index (χ4v) is 5.46.